The minimum atomic E-state index is -0.859. The molecule has 0 aliphatic heterocycles. The van der Waals surface area contributed by atoms with Crippen molar-refractivity contribution in [2.75, 3.05) is 0 Å². The number of hydrogen-bond donors (Lipinski definition) is 2. The molecule has 0 radical (unpaired) electrons. The fourth-order valence-electron chi connectivity index (χ4n) is 1.42. The van der Waals surface area contributed by atoms with Gasteiger partial charge in [-0.25, -0.2) is 0 Å². The molecule has 82 valence electrons. The average molecular weight is 207 g/mol. The summed E-state index contributed by atoms with van der Waals surface area (Å²) in [7, 11) is 0. The molecule has 0 bridgehead atoms. The third-order valence-corrected chi connectivity index (χ3v) is 2.70. The molecule has 0 spiro atoms. The normalized spacial score (nSPS) is 14.6. The van der Waals surface area contributed by atoms with Crippen LogP contribution in [0.1, 0.15) is 31.0 Å². The second kappa shape index (κ2) is 4.94. The van der Waals surface area contributed by atoms with Gasteiger partial charge in [-0.05, 0) is 17.5 Å². The molecule has 2 atom stereocenters. The lowest BCUT2D eigenvalue weighted by atomic mass is 9.94. The monoisotopic (exact) mass is 207 g/mol. The third-order valence-electron chi connectivity index (χ3n) is 2.70. The van der Waals surface area contributed by atoms with Crippen molar-refractivity contribution in [3.63, 3.8) is 0 Å². The van der Waals surface area contributed by atoms with Crippen molar-refractivity contribution in [2.45, 2.75) is 26.3 Å². The summed E-state index contributed by atoms with van der Waals surface area (Å²) in [5.74, 6) is -1.42. The quantitative estimate of drug-likeness (QED) is 0.793. The zero-order chi connectivity index (χ0) is 11.4. The molecule has 0 fully saturated rings. The highest BCUT2D eigenvalue weighted by Crippen LogP contribution is 2.19. The predicted octanol–water partition coefficient (Wildman–Crippen LogP) is 1.97. The van der Waals surface area contributed by atoms with E-state index in [2.05, 4.69) is 6.92 Å². The van der Waals surface area contributed by atoms with Crippen molar-refractivity contribution in [1.82, 2.24) is 0 Å². The molecule has 0 saturated heterocycles. The topological polar surface area (TPSA) is 63.3 Å². The van der Waals surface area contributed by atoms with E-state index in [1.807, 2.05) is 24.3 Å². The van der Waals surface area contributed by atoms with Crippen molar-refractivity contribution in [3.8, 4) is 0 Å². The Bertz CT molecular complexity index is 332. The van der Waals surface area contributed by atoms with Crippen molar-refractivity contribution in [3.05, 3.63) is 35.4 Å². The minimum absolute atomic E-state index is 0.437. The summed E-state index contributed by atoms with van der Waals surface area (Å²) < 4.78 is 0. The maximum Gasteiger partial charge on any atom is 0.308 e. The second-order valence-electron chi connectivity index (χ2n) is 3.75. The number of carboxylic acids is 1. The van der Waals surface area contributed by atoms with E-state index in [1.54, 1.807) is 6.92 Å². The Morgan fingerprint density at radius 1 is 1.40 bits per heavy atom. The van der Waals surface area contributed by atoms with Crippen LogP contribution in [0.3, 0.4) is 0 Å². The van der Waals surface area contributed by atoms with E-state index < -0.39 is 17.9 Å². The van der Waals surface area contributed by atoms with Gasteiger partial charge in [0.15, 0.2) is 0 Å². The maximum atomic E-state index is 10.8. The Balaban J connectivity index is 2.82. The lowest BCUT2D eigenvalue weighted by Crippen LogP contribution is -2.25. The number of nitrogens with two attached hydrogens (primary N) is 1. The summed E-state index contributed by atoms with van der Waals surface area (Å²) in [4.78, 5) is 10.8. The molecule has 0 aliphatic rings. The summed E-state index contributed by atoms with van der Waals surface area (Å²) in [5, 5.41) is 8.83. The maximum absolute atomic E-state index is 10.8. The Morgan fingerprint density at radius 3 is 2.33 bits per heavy atom. The second-order valence-corrected chi connectivity index (χ2v) is 3.75. The van der Waals surface area contributed by atoms with Crippen LogP contribution in [-0.2, 0) is 11.2 Å². The number of aryl methyl sites for hydroxylation is 1. The first-order valence-corrected chi connectivity index (χ1v) is 5.13. The van der Waals surface area contributed by atoms with Gasteiger partial charge in [-0.3, -0.25) is 4.79 Å². The van der Waals surface area contributed by atoms with E-state index in [0.717, 1.165) is 12.0 Å². The Morgan fingerprint density at radius 2 is 1.93 bits per heavy atom. The number of rotatable bonds is 4. The SMILES string of the molecule is CCc1ccc(C(N)C(C)C(=O)O)cc1. The van der Waals surface area contributed by atoms with Gasteiger partial charge in [-0.15, -0.1) is 0 Å². The minimum Gasteiger partial charge on any atom is -0.481 e. The largest absolute Gasteiger partial charge is 0.481 e. The molecule has 0 saturated carbocycles. The Kier molecular flexibility index (Phi) is 3.86. The number of benzene rings is 1. The fraction of sp³-hybridized carbons (Fsp3) is 0.417. The van der Waals surface area contributed by atoms with E-state index in [4.69, 9.17) is 10.8 Å². The van der Waals surface area contributed by atoms with Crippen LogP contribution in [0.2, 0.25) is 0 Å². The van der Waals surface area contributed by atoms with E-state index in [0.29, 0.717) is 0 Å². The van der Waals surface area contributed by atoms with Gasteiger partial charge in [0.25, 0.3) is 0 Å². The molecule has 1 rings (SSSR count). The van der Waals surface area contributed by atoms with Crippen LogP contribution < -0.4 is 5.73 Å². The number of aliphatic carboxylic acids is 1. The summed E-state index contributed by atoms with van der Waals surface area (Å²) in [6.07, 6.45) is 0.976. The van der Waals surface area contributed by atoms with Crippen molar-refractivity contribution in [2.24, 2.45) is 11.7 Å². The van der Waals surface area contributed by atoms with Gasteiger partial charge in [-0.1, -0.05) is 38.1 Å². The first-order valence-electron chi connectivity index (χ1n) is 5.13. The van der Waals surface area contributed by atoms with Gasteiger partial charge in [0, 0.05) is 6.04 Å². The summed E-state index contributed by atoms with van der Waals surface area (Å²) in [5.41, 5.74) is 7.96. The zero-order valence-electron chi connectivity index (χ0n) is 9.10. The van der Waals surface area contributed by atoms with Crippen LogP contribution >= 0.6 is 0 Å². The number of hydrogen-bond acceptors (Lipinski definition) is 2. The fourth-order valence-corrected chi connectivity index (χ4v) is 1.42. The molecule has 15 heavy (non-hydrogen) atoms. The van der Waals surface area contributed by atoms with Crippen LogP contribution in [0.15, 0.2) is 24.3 Å². The molecule has 3 N–H and O–H groups in total. The van der Waals surface area contributed by atoms with Gasteiger partial charge < -0.3 is 10.8 Å². The molecular formula is C12H17NO2. The highest BCUT2D eigenvalue weighted by atomic mass is 16.4. The highest BCUT2D eigenvalue weighted by molar-refractivity contribution is 5.70. The van der Waals surface area contributed by atoms with Crippen molar-refractivity contribution < 1.29 is 9.90 Å². The lowest BCUT2D eigenvalue weighted by Gasteiger charge is -2.16. The van der Waals surface area contributed by atoms with Crippen LogP contribution in [0.4, 0.5) is 0 Å². The van der Waals surface area contributed by atoms with Gasteiger partial charge >= 0.3 is 5.97 Å². The molecule has 1 aromatic rings. The lowest BCUT2D eigenvalue weighted by molar-refractivity contribution is -0.141. The van der Waals surface area contributed by atoms with Crippen LogP contribution in [0.25, 0.3) is 0 Å². The van der Waals surface area contributed by atoms with Crippen molar-refractivity contribution in [1.29, 1.82) is 0 Å². The number of carboxylic acid groups (broad SMARTS) is 1. The molecular weight excluding hydrogens is 190 g/mol. The van der Waals surface area contributed by atoms with E-state index in [-0.39, 0.29) is 0 Å². The molecule has 3 nitrogen and oxygen atoms in total. The summed E-state index contributed by atoms with van der Waals surface area (Å²) >= 11 is 0. The average Bonchev–Trinajstić information content (AvgIpc) is 2.27. The first-order chi connectivity index (χ1) is 7.06. The third kappa shape index (κ3) is 2.80. The molecule has 0 amide bonds. The van der Waals surface area contributed by atoms with Crippen molar-refractivity contribution >= 4 is 5.97 Å². The Labute approximate surface area is 89.9 Å². The zero-order valence-corrected chi connectivity index (χ0v) is 9.10. The van der Waals surface area contributed by atoms with Gasteiger partial charge in [0.1, 0.15) is 0 Å². The van der Waals surface area contributed by atoms with E-state index >= 15 is 0 Å². The predicted molar refractivity (Wildman–Crippen MR) is 59.5 cm³/mol. The first kappa shape index (κ1) is 11.7. The van der Waals surface area contributed by atoms with Gasteiger partial charge in [0.2, 0.25) is 0 Å². The van der Waals surface area contributed by atoms with Gasteiger partial charge in [-0.2, -0.15) is 0 Å². The highest BCUT2D eigenvalue weighted by Gasteiger charge is 2.20. The summed E-state index contributed by atoms with van der Waals surface area (Å²) in [6, 6.07) is 7.35. The van der Waals surface area contributed by atoms with E-state index in [1.165, 1.54) is 5.56 Å². The molecule has 3 heteroatoms. The molecule has 1 aromatic carbocycles. The standard InChI is InChI=1S/C12H17NO2/c1-3-9-4-6-10(7-5-9)11(13)8(2)12(14)15/h4-8,11H,3,13H2,1-2H3,(H,14,15). The van der Waals surface area contributed by atoms with E-state index in [9.17, 15) is 4.79 Å². The molecule has 0 heterocycles. The smallest absolute Gasteiger partial charge is 0.308 e. The Hall–Kier alpha value is -1.35. The molecule has 0 aliphatic carbocycles. The molecule has 0 aromatic heterocycles. The molecule has 2 unspecified atom stereocenters. The van der Waals surface area contributed by atoms with Crippen LogP contribution in [-0.4, -0.2) is 11.1 Å². The van der Waals surface area contributed by atoms with Crippen LogP contribution in [0, 0.1) is 5.92 Å². The van der Waals surface area contributed by atoms with Crippen LogP contribution in [0.5, 0.6) is 0 Å². The summed E-state index contributed by atoms with van der Waals surface area (Å²) in [6.45, 7) is 3.70. The van der Waals surface area contributed by atoms with Gasteiger partial charge in [0.05, 0.1) is 5.92 Å². The number of carbonyl (C=O) groups is 1.